The predicted octanol–water partition coefficient (Wildman–Crippen LogP) is 2.93. The lowest BCUT2D eigenvalue weighted by Crippen LogP contribution is -2.56. The van der Waals surface area contributed by atoms with Crippen molar-refractivity contribution in [1.29, 1.82) is 0 Å². The molecule has 1 aliphatic rings. The van der Waals surface area contributed by atoms with Crippen LogP contribution in [0.25, 0.3) is 0 Å². The standard InChI is InChI=1S/C19H18N2O4/c1-11-4-9-16-15(10-11)21-18(24)19(3,25-16)17(23)20-14-7-5-13(6-8-14)12(2)22/h4-10H,1-3H3,(H,20,23)(H,21,24). The zero-order valence-electron chi connectivity index (χ0n) is 14.2. The highest BCUT2D eigenvalue weighted by Crippen LogP contribution is 2.34. The molecule has 1 aliphatic heterocycles. The number of nitrogens with one attached hydrogen (secondary N) is 2. The maximum atomic E-state index is 12.6. The molecule has 1 atom stereocenters. The predicted molar refractivity (Wildman–Crippen MR) is 93.9 cm³/mol. The van der Waals surface area contributed by atoms with Crippen LogP contribution in [0.1, 0.15) is 29.8 Å². The van der Waals surface area contributed by atoms with Crippen molar-refractivity contribution in [3.63, 3.8) is 0 Å². The van der Waals surface area contributed by atoms with Gasteiger partial charge in [-0.05, 0) is 62.7 Å². The molecule has 1 heterocycles. The molecule has 0 bridgehead atoms. The van der Waals surface area contributed by atoms with Crippen molar-refractivity contribution in [2.24, 2.45) is 0 Å². The summed E-state index contributed by atoms with van der Waals surface area (Å²) in [6.45, 7) is 4.79. The molecule has 128 valence electrons. The number of ether oxygens (including phenoxy) is 1. The molecule has 2 amide bonds. The van der Waals surface area contributed by atoms with E-state index < -0.39 is 17.4 Å². The van der Waals surface area contributed by atoms with Gasteiger partial charge in [0.1, 0.15) is 5.75 Å². The van der Waals surface area contributed by atoms with Crippen LogP contribution in [0, 0.1) is 6.92 Å². The van der Waals surface area contributed by atoms with Crippen LogP contribution in [-0.2, 0) is 9.59 Å². The molecule has 0 spiro atoms. The molecule has 6 nitrogen and oxygen atoms in total. The molecule has 0 aromatic heterocycles. The second kappa shape index (κ2) is 6.05. The number of Topliss-reactive ketones (excluding diaryl/α,β-unsaturated/α-hetero) is 1. The van der Waals surface area contributed by atoms with Gasteiger partial charge < -0.3 is 15.4 Å². The number of carbonyl (C=O) groups excluding carboxylic acids is 3. The molecule has 2 aromatic rings. The number of rotatable bonds is 3. The maximum Gasteiger partial charge on any atom is 0.278 e. The molecule has 2 aromatic carbocycles. The van der Waals surface area contributed by atoms with Crippen LogP contribution < -0.4 is 15.4 Å². The van der Waals surface area contributed by atoms with Gasteiger partial charge in [0.2, 0.25) is 0 Å². The summed E-state index contributed by atoms with van der Waals surface area (Å²) in [5.41, 5.74) is 0.839. The molecule has 0 saturated heterocycles. The number of hydrogen-bond acceptors (Lipinski definition) is 4. The topological polar surface area (TPSA) is 84.5 Å². The van der Waals surface area contributed by atoms with Crippen molar-refractivity contribution in [3.8, 4) is 5.75 Å². The highest BCUT2D eigenvalue weighted by Gasteiger charge is 2.47. The second-order valence-electron chi connectivity index (χ2n) is 6.18. The van der Waals surface area contributed by atoms with Gasteiger partial charge in [0, 0.05) is 11.3 Å². The molecule has 0 radical (unpaired) electrons. The number of carbonyl (C=O) groups is 3. The number of aryl methyl sites for hydroxylation is 1. The van der Waals surface area contributed by atoms with Crippen LogP contribution >= 0.6 is 0 Å². The van der Waals surface area contributed by atoms with Crippen molar-refractivity contribution < 1.29 is 19.1 Å². The normalized spacial score (nSPS) is 18.6. The molecular weight excluding hydrogens is 320 g/mol. The van der Waals surface area contributed by atoms with Crippen LogP contribution in [0.4, 0.5) is 11.4 Å². The summed E-state index contributed by atoms with van der Waals surface area (Å²) in [7, 11) is 0. The first kappa shape index (κ1) is 16.7. The molecule has 6 heteroatoms. The van der Waals surface area contributed by atoms with Gasteiger partial charge in [0.15, 0.2) is 5.78 Å². The van der Waals surface area contributed by atoms with E-state index in [1.807, 2.05) is 13.0 Å². The van der Waals surface area contributed by atoms with E-state index in [2.05, 4.69) is 10.6 Å². The summed E-state index contributed by atoms with van der Waals surface area (Å²) in [5, 5.41) is 5.37. The summed E-state index contributed by atoms with van der Waals surface area (Å²) in [6.07, 6.45) is 0. The van der Waals surface area contributed by atoms with E-state index >= 15 is 0 Å². The van der Waals surface area contributed by atoms with E-state index in [1.165, 1.54) is 13.8 Å². The Morgan fingerprint density at radius 3 is 2.44 bits per heavy atom. The third-order valence-electron chi connectivity index (χ3n) is 4.11. The highest BCUT2D eigenvalue weighted by molar-refractivity contribution is 6.19. The first-order chi connectivity index (χ1) is 11.8. The van der Waals surface area contributed by atoms with E-state index in [0.29, 0.717) is 22.7 Å². The molecule has 3 rings (SSSR count). The molecule has 0 aliphatic carbocycles. The van der Waals surface area contributed by atoms with Gasteiger partial charge in [-0.3, -0.25) is 14.4 Å². The first-order valence-electron chi connectivity index (χ1n) is 7.83. The SMILES string of the molecule is CC(=O)c1ccc(NC(=O)C2(C)Oc3ccc(C)cc3NC2=O)cc1. The Morgan fingerprint density at radius 1 is 1.12 bits per heavy atom. The number of fused-ring (bicyclic) bond motifs is 1. The Bertz CT molecular complexity index is 873. The van der Waals surface area contributed by atoms with E-state index in [9.17, 15) is 14.4 Å². The van der Waals surface area contributed by atoms with E-state index in [-0.39, 0.29) is 5.78 Å². The molecule has 1 unspecified atom stereocenters. The fourth-order valence-electron chi connectivity index (χ4n) is 2.53. The van der Waals surface area contributed by atoms with Crippen molar-refractivity contribution >= 4 is 29.0 Å². The van der Waals surface area contributed by atoms with Gasteiger partial charge in [0.25, 0.3) is 17.4 Å². The molecular formula is C19H18N2O4. The zero-order valence-corrected chi connectivity index (χ0v) is 14.2. The third kappa shape index (κ3) is 3.10. The fourth-order valence-corrected chi connectivity index (χ4v) is 2.53. The smallest absolute Gasteiger partial charge is 0.278 e. The Balaban J connectivity index is 1.82. The van der Waals surface area contributed by atoms with Crippen molar-refractivity contribution in [2.75, 3.05) is 10.6 Å². The Hall–Kier alpha value is -3.15. The van der Waals surface area contributed by atoms with E-state index in [1.54, 1.807) is 36.4 Å². The van der Waals surface area contributed by atoms with Crippen LogP contribution in [0.15, 0.2) is 42.5 Å². The largest absolute Gasteiger partial charge is 0.466 e. The van der Waals surface area contributed by atoms with Crippen molar-refractivity contribution in [2.45, 2.75) is 26.4 Å². The lowest BCUT2D eigenvalue weighted by Gasteiger charge is -2.33. The summed E-state index contributed by atoms with van der Waals surface area (Å²) < 4.78 is 5.70. The second-order valence-corrected chi connectivity index (χ2v) is 6.18. The van der Waals surface area contributed by atoms with Gasteiger partial charge in [-0.1, -0.05) is 6.07 Å². The van der Waals surface area contributed by atoms with E-state index in [0.717, 1.165) is 5.56 Å². The summed E-state index contributed by atoms with van der Waals surface area (Å²) in [4.78, 5) is 36.4. The Labute approximate surface area is 145 Å². The molecule has 0 fully saturated rings. The number of anilines is 2. The monoisotopic (exact) mass is 338 g/mol. The average molecular weight is 338 g/mol. The van der Waals surface area contributed by atoms with Gasteiger partial charge in [-0.15, -0.1) is 0 Å². The first-order valence-corrected chi connectivity index (χ1v) is 7.83. The quantitative estimate of drug-likeness (QED) is 0.666. The Kier molecular flexibility index (Phi) is 4.04. The van der Waals surface area contributed by atoms with Gasteiger partial charge in [0.05, 0.1) is 5.69 Å². The molecule has 2 N–H and O–H groups in total. The molecule has 25 heavy (non-hydrogen) atoms. The maximum absolute atomic E-state index is 12.6. The highest BCUT2D eigenvalue weighted by atomic mass is 16.5. The molecule has 0 saturated carbocycles. The van der Waals surface area contributed by atoms with Gasteiger partial charge in [-0.2, -0.15) is 0 Å². The van der Waals surface area contributed by atoms with Crippen LogP contribution in [-0.4, -0.2) is 23.2 Å². The van der Waals surface area contributed by atoms with Crippen molar-refractivity contribution in [3.05, 3.63) is 53.6 Å². The third-order valence-corrected chi connectivity index (χ3v) is 4.11. The lowest BCUT2D eigenvalue weighted by molar-refractivity contribution is -0.143. The average Bonchev–Trinajstić information content (AvgIpc) is 2.56. The zero-order chi connectivity index (χ0) is 18.2. The van der Waals surface area contributed by atoms with Crippen LogP contribution in [0.5, 0.6) is 5.75 Å². The summed E-state index contributed by atoms with van der Waals surface area (Å²) >= 11 is 0. The lowest BCUT2D eigenvalue weighted by atomic mass is 10.0. The van der Waals surface area contributed by atoms with Crippen LogP contribution in [0.3, 0.4) is 0 Å². The summed E-state index contributed by atoms with van der Waals surface area (Å²) in [5.74, 6) is -0.753. The van der Waals surface area contributed by atoms with Gasteiger partial charge >= 0.3 is 0 Å². The minimum atomic E-state index is -1.69. The number of hydrogen-bond donors (Lipinski definition) is 2. The number of amides is 2. The number of benzene rings is 2. The van der Waals surface area contributed by atoms with Gasteiger partial charge in [-0.25, -0.2) is 0 Å². The van der Waals surface area contributed by atoms with Crippen LogP contribution in [0.2, 0.25) is 0 Å². The van der Waals surface area contributed by atoms with E-state index in [4.69, 9.17) is 4.74 Å². The minimum absolute atomic E-state index is 0.0632. The number of ketones is 1. The van der Waals surface area contributed by atoms with Crippen molar-refractivity contribution in [1.82, 2.24) is 0 Å². The Morgan fingerprint density at radius 2 is 1.80 bits per heavy atom. The summed E-state index contributed by atoms with van der Waals surface area (Å²) in [6, 6.07) is 11.8. The minimum Gasteiger partial charge on any atom is -0.466 e. The fraction of sp³-hybridized carbons (Fsp3) is 0.211.